The number of aryl methyl sites for hydroxylation is 2. The second-order valence-corrected chi connectivity index (χ2v) is 10.8. The third-order valence-corrected chi connectivity index (χ3v) is 6.91. The Balaban J connectivity index is 1.77. The summed E-state index contributed by atoms with van der Waals surface area (Å²) in [5.74, 6) is 0. The van der Waals surface area contributed by atoms with Gasteiger partial charge in [0.15, 0.2) is 5.11 Å². The van der Waals surface area contributed by atoms with Crippen LogP contribution >= 0.6 is 23.6 Å². The van der Waals surface area contributed by atoms with Crippen molar-refractivity contribution in [1.29, 1.82) is 0 Å². The van der Waals surface area contributed by atoms with Gasteiger partial charge < -0.3 is 10.2 Å². The van der Waals surface area contributed by atoms with Gasteiger partial charge in [-0.15, -0.1) is 11.3 Å². The molecular weight excluding hydrogens is 436 g/mol. The summed E-state index contributed by atoms with van der Waals surface area (Å²) >= 11 is 7.47. The second kappa shape index (κ2) is 7.98. The van der Waals surface area contributed by atoms with Crippen LogP contribution in [0.5, 0.6) is 0 Å². The van der Waals surface area contributed by atoms with Crippen molar-refractivity contribution in [1.82, 2.24) is 10.3 Å². The number of nitrogens with one attached hydrogen (secondary N) is 2. The molecule has 1 fully saturated rings. The summed E-state index contributed by atoms with van der Waals surface area (Å²) in [5.41, 5.74) is 3.20. The predicted molar refractivity (Wildman–Crippen MR) is 127 cm³/mol. The van der Waals surface area contributed by atoms with Gasteiger partial charge in [0.1, 0.15) is 0 Å². The van der Waals surface area contributed by atoms with Crippen LogP contribution in [0.3, 0.4) is 0 Å². The van der Waals surface area contributed by atoms with E-state index in [4.69, 9.17) is 12.2 Å². The van der Waals surface area contributed by atoms with E-state index >= 15 is 0 Å². The number of thiophene rings is 1. The van der Waals surface area contributed by atoms with Crippen LogP contribution in [0.2, 0.25) is 0 Å². The molecule has 2 aromatic heterocycles. The van der Waals surface area contributed by atoms with E-state index in [9.17, 15) is 8.42 Å². The smallest absolute Gasteiger partial charge is 0.229 e. The molecule has 1 aromatic carbocycles. The largest absolute Gasteiger partial charge is 0.351 e. The molecule has 1 saturated heterocycles. The van der Waals surface area contributed by atoms with Crippen LogP contribution in [-0.4, -0.2) is 24.8 Å². The highest BCUT2D eigenvalue weighted by molar-refractivity contribution is 7.92. The molecule has 0 spiro atoms. The zero-order valence-electron chi connectivity index (χ0n) is 16.8. The maximum atomic E-state index is 11.6. The number of hydrogen-bond acceptors (Lipinski definition) is 5. The van der Waals surface area contributed by atoms with Crippen molar-refractivity contribution in [3.05, 3.63) is 75.7 Å². The average Bonchev–Trinajstić information content (AvgIpc) is 3.26. The molecule has 0 aliphatic carbocycles. The highest BCUT2D eigenvalue weighted by atomic mass is 32.2. The molecule has 1 aliphatic heterocycles. The first-order valence-electron chi connectivity index (χ1n) is 9.38. The fourth-order valence-electron chi connectivity index (χ4n) is 3.65. The number of benzene rings is 1. The molecule has 0 radical (unpaired) electrons. The second-order valence-electron chi connectivity index (χ2n) is 7.32. The molecule has 9 heteroatoms. The fourth-order valence-corrected chi connectivity index (χ4v) is 5.63. The van der Waals surface area contributed by atoms with Crippen LogP contribution in [0, 0.1) is 13.8 Å². The van der Waals surface area contributed by atoms with Gasteiger partial charge in [-0.3, -0.25) is 9.71 Å². The quantitative estimate of drug-likeness (QED) is 0.555. The minimum atomic E-state index is -3.35. The van der Waals surface area contributed by atoms with Crippen LogP contribution in [-0.2, 0) is 10.0 Å². The number of hydrogen-bond donors (Lipinski definition) is 2. The van der Waals surface area contributed by atoms with Gasteiger partial charge in [0, 0.05) is 21.6 Å². The lowest BCUT2D eigenvalue weighted by molar-refractivity contribution is 0.575. The molecule has 30 heavy (non-hydrogen) atoms. The van der Waals surface area contributed by atoms with Gasteiger partial charge in [0.25, 0.3) is 0 Å². The van der Waals surface area contributed by atoms with E-state index in [1.807, 2.05) is 37.3 Å². The SMILES string of the molecule is Cc1ccc([C@H]2[C@H](c3ccccn3)NC(=S)N2c2ccc(NS(C)(=O)=O)c(C)c2)s1. The van der Waals surface area contributed by atoms with Crippen molar-refractivity contribution in [2.24, 2.45) is 0 Å². The van der Waals surface area contributed by atoms with Crippen LogP contribution in [0.1, 0.15) is 33.1 Å². The summed E-state index contributed by atoms with van der Waals surface area (Å²) in [4.78, 5) is 9.07. The van der Waals surface area contributed by atoms with Crippen molar-refractivity contribution in [3.8, 4) is 0 Å². The normalized spacial score (nSPS) is 19.0. The van der Waals surface area contributed by atoms with Crippen LogP contribution in [0.15, 0.2) is 54.7 Å². The molecule has 4 rings (SSSR count). The lowest BCUT2D eigenvalue weighted by atomic mass is 10.0. The van der Waals surface area contributed by atoms with Crippen molar-refractivity contribution in [2.45, 2.75) is 25.9 Å². The Morgan fingerprint density at radius 3 is 2.57 bits per heavy atom. The first-order chi connectivity index (χ1) is 14.2. The zero-order chi connectivity index (χ0) is 21.5. The van der Waals surface area contributed by atoms with Gasteiger partial charge in [-0.05, 0) is 74.1 Å². The van der Waals surface area contributed by atoms with Crippen molar-refractivity contribution < 1.29 is 8.42 Å². The molecule has 0 amide bonds. The molecule has 1 aliphatic rings. The van der Waals surface area contributed by atoms with E-state index in [-0.39, 0.29) is 12.1 Å². The maximum Gasteiger partial charge on any atom is 0.229 e. The summed E-state index contributed by atoms with van der Waals surface area (Å²) in [7, 11) is -3.35. The Morgan fingerprint density at radius 2 is 1.97 bits per heavy atom. The summed E-state index contributed by atoms with van der Waals surface area (Å²) in [6.07, 6.45) is 2.93. The fraction of sp³-hybridized carbons (Fsp3) is 0.238. The van der Waals surface area contributed by atoms with E-state index in [2.05, 4.69) is 39.0 Å². The van der Waals surface area contributed by atoms with Gasteiger partial charge in [0.2, 0.25) is 10.0 Å². The Kier molecular flexibility index (Phi) is 5.52. The Bertz CT molecular complexity index is 1190. The predicted octanol–water partition coefficient (Wildman–Crippen LogP) is 4.31. The monoisotopic (exact) mass is 458 g/mol. The number of pyridine rings is 1. The van der Waals surface area contributed by atoms with Crippen molar-refractivity contribution in [3.63, 3.8) is 0 Å². The number of rotatable bonds is 5. The lowest BCUT2D eigenvalue weighted by Gasteiger charge is -2.27. The Morgan fingerprint density at radius 1 is 1.17 bits per heavy atom. The summed E-state index contributed by atoms with van der Waals surface area (Å²) < 4.78 is 25.8. The van der Waals surface area contributed by atoms with E-state index in [0.29, 0.717) is 10.8 Å². The number of thiocarbonyl (C=S) groups is 1. The molecule has 156 valence electrons. The average molecular weight is 459 g/mol. The molecule has 0 bridgehead atoms. The van der Waals surface area contributed by atoms with E-state index in [1.165, 1.54) is 9.75 Å². The van der Waals surface area contributed by atoms with Crippen LogP contribution in [0.25, 0.3) is 0 Å². The molecule has 2 N–H and O–H groups in total. The van der Waals surface area contributed by atoms with E-state index in [1.54, 1.807) is 23.6 Å². The Hall–Kier alpha value is -2.49. The molecule has 0 unspecified atom stereocenters. The van der Waals surface area contributed by atoms with Crippen LogP contribution in [0.4, 0.5) is 11.4 Å². The third-order valence-electron chi connectivity index (χ3n) is 4.93. The zero-order valence-corrected chi connectivity index (χ0v) is 19.2. The highest BCUT2D eigenvalue weighted by Crippen LogP contribution is 2.44. The lowest BCUT2D eigenvalue weighted by Crippen LogP contribution is -2.29. The topological polar surface area (TPSA) is 74.3 Å². The molecule has 6 nitrogen and oxygen atoms in total. The third kappa shape index (κ3) is 4.19. The number of anilines is 2. The first kappa shape index (κ1) is 20.8. The van der Waals surface area contributed by atoms with Crippen LogP contribution < -0.4 is 14.9 Å². The molecule has 0 saturated carbocycles. The number of sulfonamides is 1. The van der Waals surface area contributed by atoms with Gasteiger partial charge >= 0.3 is 0 Å². The molecule has 3 heterocycles. The van der Waals surface area contributed by atoms with Crippen molar-refractivity contribution in [2.75, 3.05) is 15.9 Å². The maximum absolute atomic E-state index is 11.6. The summed E-state index contributed by atoms with van der Waals surface area (Å²) in [5, 5.41) is 4.05. The molecular formula is C21H22N4O2S3. The number of nitrogens with zero attached hydrogens (tertiary/aromatic N) is 2. The standard InChI is InChI=1S/C21H22N4O2S3/c1-13-12-15(8-9-16(13)24-30(3,26)27)25-20(18-10-7-14(2)29-18)19(23-21(25)28)17-6-4-5-11-22-17/h4-12,19-20,24H,1-3H3,(H,23,28)/t19-,20-/m0/s1. The molecule has 3 aromatic rings. The van der Waals surface area contributed by atoms with Gasteiger partial charge in [-0.2, -0.15) is 0 Å². The Labute approximate surface area is 186 Å². The first-order valence-corrected chi connectivity index (χ1v) is 12.5. The highest BCUT2D eigenvalue weighted by Gasteiger charge is 2.41. The number of aromatic nitrogens is 1. The molecule has 2 atom stereocenters. The van der Waals surface area contributed by atoms with Gasteiger partial charge in [-0.25, -0.2) is 8.42 Å². The summed E-state index contributed by atoms with van der Waals surface area (Å²) in [6.45, 7) is 3.97. The minimum absolute atomic E-state index is 0.0563. The van der Waals surface area contributed by atoms with E-state index in [0.717, 1.165) is 23.2 Å². The van der Waals surface area contributed by atoms with Gasteiger partial charge in [0.05, 0.1) is 29.7 Å². The van der Waals surface area contributed by atoms with Gasteiger partial charge in [-0.1, -0.05) is 6.07 Å². The van der Waals surface area contributed by atoms with E-state index < -0.39 is 10.0 Å². The van der Waals surface area contributed by atoms with Crippen molar-refractivity contribution >= 4 is 50.1 Å². The summed E-state index contributed by atoms with van der Waals surface area (Å²) in [6, 6.07) is 15.6. The minimum Gasteiger partial charge on any atom is -0.351 e.